The third-order valence-electron chi connectivity index (χ3n) is 5.16. The van der Waals surface area contributed by atoms with Gasteiger partial charge >= 0.3 is 11.8 Å². The van der Waals surface area contributed by atoms with E-state index in [1.807, 2.05) is 0 Å². The lowest BCUT2D eigenvalue weighted by molar-refractivity contribution is 0.167. The molecule has 0 saturated heterocycles. The maximum Gasteiger partial charge on any atom is 0.415 e. The quantitative estimate of drug-likeness (QED) is 0.618. The number of nitrogens with one attached hydrogen (secondary N) is 1. The van der Waals surface area contributed by atoms with E-state index in [9.17, 15) is 14.4 Å². The van der Waals surface area contributed by atoms with Crippen LogP contribution >= 0.6 is 0 Å². The van der Waals surface area contributed by atoms with Gasteiger partial charge < -0.3 is 9.72 Å². The van der Waals surface area contributed by atoms with Gasteiger partial charge in [-0.15, -0.1) is 0 Å². The van der Waals surface area contributed by atoms with Crippen molar-refractivity contribution >= 4 is 17.3 Å². The van der Waals surface area contributed by atoms with Gasteiger partial charge in [-0.25, -0.2) is 24.5 Å². The number of H-pyrrole nitrogens is 1. The highest BCUT2D eigenvalue weighted by atomic mass is 16.6. The lowest BCUT2D eigenvalue weighted by Crippen LogP contribution is -2.39. The number of carbonyl (C=O) groups is 1. The largest absolute Gasteiger partial charge is 0.415 e. The van der Waals surface area contributed by atoms with E-state index in [4.69, 9.17) is 4.74 Å². The Morgan fingerprint density at radius 1 is 1.19 bits per heavy atom. The van der Waals surface area contributed by atoms with Crippen molar-refractivity contribution in [2.75, 3.05) is 13.6 Å². The first-order valence-electron chi connectivity index (χ1n) is 9.96. The first kappa shape index (κ1) is 19.0. The van der Waals surface area contributed by atoms with E-state index in [2.05, 4.69) is 31.8 Å². The van der Waals surface area contributed by atoms with Crippen LogP contribution in [0.2, 0.25) is 0 Å². The molecular weight excluding hydrogens is 402 g/mol. The summed E-state index contributed by atoms with van der Waals surface area (Å²) in [6.45, 7) is 0.0747. The first-order valence-corrected chi connectivity index (χ1v) is 9.96. The normalized spacial score (nSPS) is 15.4. The van der Waals surface area contributed by atoms with Crippen molar-refractivity contribution in [1.29, 1.82) is 0 Å². The number of ether oxygens (including phenoxy) is 1. The van der Waals surface area contributed by atoms with Crippen molar-refractivity contribution in [2.24, 2.45) is 0 Å². The first-order chi connectivity index (χ1) is 15.0. The Kier molecular flexibility index (Phi) is 4.54. The van der Waals surface area contributed by atoms with Gasteiger partial charge in [0.1, 0.15) is 6.33 Å². The smallest absolute Gasteiger partial charge is 0.407 e. The predicted octanol–water partition coefficient (Wildman–Crippen LogP) is 0.828. The number of fused-ring (bicyclic) bond motifs is 1. The number of imidazole rings is 1. The van der Waals surface area contributed by atoms with Crippen LogP contribution in [0.1, 0.15) is 43.6 Å². The van der Waals surface area contributed by atoms with Gasteiger partial charge in [0.15, 0.2) is 22.7 Å². The fraction of sp³-hybridized carbons (Fsp3) is 0.400. The number of hydrogen-bond acceptors (Lipinski definition) is 7. The van der Waals surface area contributed by atoms with Crippen LogP contribution in [0.4, 0.5) is 4.79 Å². The Morgan fingerprint density at radius 3 is 2.55 bits per heavy atom. The molecule has 0 aliphatic heterocycles. The minimum Gasteiger partial charge on any atom is -0.407 e. The average Bonchev–Trinajstić information content (AvgIpc) is 3.68. The molecule has 2 aliphatic rings. The van der Waals surface area contributed by atoms with Crippen LogP contribution in [0.25, 0.3) is 11.2 Å². The van der Waals surface area contributed by atoms with Crippen molar-refractivity contribution < 1.29 is 9.53 Å². The molecule has 0 radical (unpaired) electrons. The zero-order chi connectivity index (χ0) is 21.5. The van der Waals surface area contributed by atoms with E-state index >= 15 is 0 Å². The SMILES string of the molecule is CN(CC#Cc1nc2c([nH]1)c(=O)n(C1CC1)c(=O)n2C1CC1)C(=O)Oc1cncnc1. The average molecular weight is 421 g/mol. The molecule has 2 saturated carbocycles. The Bertz CT molecular complexity index is 1340. The van der Waals surface area contributed by atoms with Crippen LogP contribution in [-0.4, -0.2) is 53.7 Å². The topological polar surface area (TPSA) is 128 Å². The summed E-state index contributed by atoms with van der Waals surface area (Å²) in [5.41, 5.74) is -0.0123. The van der Waals surface area contributed by atoms with E-state index in [0.717, 1.165) is 25.7 Å². The minimum absolute atomic E-state index is 0.0260. The van der Waals surface area contributed by atoms with Crippen molar-refractivity contribution in [3.63, 3.8) is 0 Å². The second-order valence-electron chi connectivity index (χ2n) is 7.67. The Balaban J connectivity index is 1.38. The van der Waals surface area contributed by atoms with E-state index in [0.29, 0.717) is 11.2 Å². The Labute approximate surface area is 175 Å². The molecule has 0 aromatic carbocycles. The van der Waals surface area contributed by atoms with E-state index in [1.165, 1.54) is 28.2 Å². The van der Waals surface area contributed by atoms with Crippen LogP contribution in [0.5, 0.6) is 5.75 Å². The van der Waals surface area contributed by atoms with Crippen LogP contribution in [0, 0.1) is 11.8 Å². The number of hydrogen-bond donors (Lipinski definition) is 1. The fourth-order valence-electron chi connectivity index (χ4n) is 3.30. The Hall–Kier alpha value is -3.94. The standard InChI is InChI=1S/C20H19N7O4/c1-25(20(30)31-14-9-21-11-22-10-14)8-2-3-15-23-16-17(24-15)26(12-4-5-12)19(29)27(18(16)28)13-6-7-13/h9-13H,4-8H2,1H3,(H,23,24). The molecule has 0 spiro atoms. The van der Waals surface area contributed by atoms with Crippen molar-refractivity contribution in [1.82, 2.24) is 34.0 Å². The molecule has 31 heavy (non-hydrogen) atoms. The van der Waals surface area contributed by atoms with Crippen LogP contribution < -0.4 is 16.0 Å². The number of amides is 1. The highest BCUT2D eigenvalue weighted by Crippen LogP contribution is 2.36. The van der Waals surface area contributed by atoms with Crippen molar-refractivity contribution in [2.45, 2.75) is 37.8 Å². The van der Waals surface area contributed by atoms with Gasteiger partial charge in [-0.3, -0.25) is 18.8 Å². The van der Waals surface area contributed by atoms with Gasteiger partial charge in [-0.2, -0.15) is 0 Å². The molecule has 3 heterocycles. The zero-order valence-electron chi connectivity index (χ0n) is 16.7. The van der Waals surface area contributed by atoms with Crippen molar-refractivity contribution in [3.8, 4) is 17.6 Å². The lowest BCUT2D eigenvalue weighted by Gasteiger charge is -2.12. The maximum atomic E-state index is 12.9. The summed E-state index contributed by atoms with van der Waals surface area (Å²) in [4.78, 5) is 54.0. The maximum absolute atomic E-state index is 12.9. The molecule has 158 valence electrons. The van der Waals surface area contributed by atoms with Crippen LogP contribution in [-0.2, 0) is 0 Å². The molecule has 2 aliphatic carbocycles. The fourth-order valence-corrected chi connectivity index (χ4v) is 3.30. The van der Waals surface area contributed by atoms with E-state index < -0.39 is 6.09 Å². The number of carbonyl (C=O) groups excluding carboxylic acids is 1. The van der Waals surface area contributed by atoms with Gasteiger partial charge in [-0.05, 0) is 31.6 Å². The number of nitrogens with zero attached hydrogens (tertiary/aromatic N) is 6. The molecule has 0 atom stereocenters. The second-order valence-corrected chi connectivity index (χ2v) is 7.67. The summed E-state index contributed by atoms with van der Waals surface area (Å²) in [7, 11) is 1.54. The molecule has 3 aromatic heterocycles. The van der Waals surface area contributed by atoms with Gasteiger partial charge in [0.05, 0.1) is 18.9 Å². The molecule has 11 nitrogen and oxygen atoms in total. The Morgan fingerprint density at radius 2 is 1.87 bits per heavy atom. The highest BCUT2D eigenvalue weighted by Gasteiger charge is 2.34. The molecule has 3 aromatic rings. The van der Waals surface area contributed by atoms with Crippen LogP contribution in [0.3, 0.4) is 0 Å². The van der Waals surface area contributed by atoms with Gasteiger partial charge in [0.25, 0.3) is 5.56 Å². The number of aromatic nitrogens is 6. The summed E-state index contributed by atoms with van der Waals surface area (Å²) < 4.78 is 8.09. The minimum atomic E-state index is -0.608. The molecule has 1 amide bonds. The van der Waals surface area contributed by atoms with Gasteiger partial charge in [-0.1, -0.05) is 5.92 Å². The lowest BCUT2D eigenvalue weighted by atomic mass is 10.4. The van der Waals surface area contributed by atoms with Gasteiger partial charge in [0.2, 0.25) is 0 Å². The third kappa shape index (κ3) is 3.68. The summed E-state index contributed by atoms with van der Waals surface area (Å²) in [6.07, 6.45) is 6.95. The number of rotatable bonds is 4. The molecule has 0 unspecified atom stereocenters. The van der Waals surface area contributed by atoms with Crippen molar-refractivity contribution in [3.05, 3.63) is 45.4 Å². The second kappa shape index (κ2) is 7.39. The molecule has 1 N–H and O–H groups in total. The number of aromatic amines is 1. The summed E-state index contributed by atoms with van der Waals surface area (Å²) in [5, 5.41) is 0. The summed E-state index contributed by atoms with van der Waals surface area (Å²) in [5.74, 6) is 6.16. The van der Waals surface area contributed by atoms with Gasteiger partial charge in [0, 0.05) is 19.1 Å². The third-order valence-corrected chi connectivity index (χ3v) is 5.16. The molecule has 2 fully saturated rings. The van der Waals surface area contributed by atoms with Crippen LogP contribution in [0.15, 0.2) is 28.3 Å². The van der Waals surface area contributed by atoms with E-state index in [1.54, 1.807) is 11.6 Å². The van der Waals surface area contributed by atoms with E-state index in [-0.39, 0.29) is 41.5 Å². The molecule has 0 bridgehead atoms. The summed E-state index contributed by atoms with van der Waals surface area (Å²) >= 11 is 0. The molecule has 11 heteroatoms. The summed E-state index contributed by atoms with van der Waals surface area (Å²) in [6, 6.07) is 0.0505. The monoisotopic (exact) mass is 421 g/mol. The highest BCUT2D eigenvalue weighted by molar-refractivity contribution is 5.72. The zero-order valence-corrected chi connectivity index (χ0v) is 16.7. The predicted molar refractivity (Wildman–Crippen MR) is 109 cm³/mol. The molecular formula is C20H19N7O4. The molecule has 5 rings (SSSR count).